The maximum absolute atomic E-state index is 5.52. The number of allylic oxidation sites excluding steroid dienone is 4. The molecule has 11 aromatic rings. The number of hydrogen-bond acceptors (Lipinski definition) is 5. The van der Waals surface area contributed by atoms with Gasteiger partial charge in [-0.15, -0.1) is 22.7 Å². The Morgan fingerprint density at radius 2 is 0.984 bits per heavy atom. The molecule has 2 aliphatic rings. The van der Waals surface area contributed by atoms with Gasteiger partial charge in [0.25, 0.3) is 0 Å². The summed E-state index contributed by atoms with van der Waals surface area (Å²) in [6.45, 7) is 0. The molecule has 3 nitrogen and oxygen atoms in total. The molecule has 0 aliphatic heterocycles. The highest BCUT2D eigenvalue weighted by molar-refractivity contribution is 7.26. The highest BCUT2D eigenvalue weighted by Crippen LogP contribution is 2.61. The summed E-state index contributed by atoms with van der Waals surface area (Å²) in [5, 5.41) is 5.03. The van der Waals surface area contributed by atoms with Crippen LogP contribution in [-0.4, -0.2) is 15.0 Å². The van der Waals surface area contributed by atoms with Crippen LogP contribution in [0.5, 0.6) is 0 Å². The lowest BCUT2D eigenvalue weighted by Crippen LogP contribution is -2.34. The summed E-state index contributed by atoms with van der Waals surface area (Å²) >= 11 is 3.65. The molecule has 2 unspecified atom stereocenters. The first kappa shape index (κ1) is 36.4. The van der Waals surface area contributed by atoms with Crippen LogP contribution in [0.25, 0.3) is 85.6 Å². The van der Waals surface area contributed by atoms with E-state index in [1.807, 2.05) is 11.3 Å². The van der Waals surface area contributed by atoms with E-state index < -0.39 is 5.41 Å². The van der Waals surface area contributed by atoms with Crippen molar-refractivity contribution in [3.63, 3.8) is 0 Å². The molecule has 0 spiro atoms. The number of aromatic nitrogens is 3. The van der Waals surface area contributed by atoms with Crippen LogP contribution in [0.1, 0.15) is 28.2 Å². The largest absolute Gasteiger partial charge is 0.208 e. The molecule has 0 amide bonds. The zero-order chi connectivity index (χ0) is 41.5. The minimum Gasteiger partial charge on any atom is -0.208 e. The van der Waals surface area contributed by atoms with Gasteiger partial charge >= 0.3 is 0 Å². The van der Waals surface area contributed by atoms with Crippen LogP contribution in [0.2, 0.25) is 0 Å². The molecule has 0 fully saturated rings. The van der Waals surface area contributed by atoms with Crippen LogP contribution in [0, 0.1) is 5.92 Å². The zero-order valence-corrected chi connectivity index (χ0v) is 35.7. The molecule has 296 valence electrons. The molecular weight excluding hydrogens is 803 g/mol. The first-order valence-corrected chi connectivity index (χ1v) is 23.1. The van der Waals surface area contributed by atoms with Crippen molar-refractivity contribution < 1.29 is 0 Å². The van der Waals surface area contributed by atoms with Gasteiger partial charge in [-0.25, -0.2) is 15.0 Å². The molecule has 2 aliphatic carbocycles. The molecule has 0 saturated carbocycles. The lowest BCUT2D eigenvalue weighted by atomic mass is 9.63. The predicted octanol–water partition coefficient (Wildman–Crippen LogP) is 15.4. The van der Waals surface area contributed by atoms with Crippen molar-refractivity contribution in [1.82, 2.24) is 15.0 Å². The second kappa shape index (κ2) is 14.4. The lowest BCUT2D eigenvalue weighted by molar-refractivity contribution is 0.457. The first-order valence-electron chi connectivity index (χ1n) is 21.5. The van der Waals surface area contributed by atoms with Gasteiger partial charge in [-0.3, -0.25) is 0 Å². The van der Waals surface area contributed by atoms with Gasteiger partial charge in [0.15, 0.2) is 17.5 Å². The smallest absolute Gasteiger partial charge is 0.165 e. The summed E-state index contributed by atoms with van der Waals surface area (Å²) in [7, 11) is 0. The van der Waals surface area contributed by atoms with E-state index >= 15 is 0 Å². The Morgan fingerprint density at radius 3 is 1.79 bits per heavy atom. The Bertz CT molecular complexity index is 3620. The second-order valence-electron chi connectivity index (χ2n) is 16.6. The van der Waals surface area contributed by atoms with Gasteiger partial charge < -0.3 is 0 Å². The summed E-state index contributed by atoms with van der Waals surface area (Å²) in [5.74, 6) is 2.25. The minimum atomic E-state index is -0.428. The van der Waals surface area contributed by atoms with Crippen LogP contribution in [0.15, 0.2) is 212 Å². The fourth-order valence-corrected chi connectivity index (χ4v) is 13.1. The fourth-order valence-electron chi connectivity index (χ4n) is 10.7. The lowest BCUT2D eigenvalue weighted by Gasteiger charge is -2.38. The number of thiophene rings is 2. The molecule has 13 rings (SSSR count). The highest BCUT2D eigenvalue weighted by Gasteiger charge is 2.53. The molecular formula is C58H37N3S2. The van der Waals surface area contributed by atoms with Crippen molar-refractivity contribution in [1.29, 1.82) is 0 Å². The molecule has 0 radical (unpaired) electrons. The molecule has 5 heteroatoms. The number of nitrogens with zero attached hydrogens (tertiary/aromatic N) is 3. The van der Waals surface area contributed by atoms with E-state index in [-0.39, 0.29) is 11.8 Å². The third kappa shape index (κ3) is 5.53. The normalized spacial score (nSPS) is 16.3. The average Bonchev–Trinajstić information content (AvgIpc) is 4.03. The van der Waals surface area contributed by atoms with Gasteiger partial charge in [0.1, 0.15) is 0 Å². The summed E-state index contributed by atoms with van der Waals surface area (Å²) < 4.78 is 5.00. The van der Waals surface area contributed by atoms with Crippen LogP contribution in [0.4, 0.5) is 0 Å². The molecule has 0 bridgehead atoms. The maximum atomic E-state index is 5.52. The number of hydrogen-bond donors (Lipinski definition) is 0. The van der Waals surface area contributed by atoms with Gasteiger partial charge in [0.05, 0.1) is 5.41 Å². The SMILES string of the molecule is C1=CC2c3c(-c4nc(-c5cccc(-c6cccc7sc8ccccc8c67)c5)nc(-c5cccc6c5sc5ccccc56)n4)cccc3C(c3ccccc3)(c3ccccc3)C2C=C1. The van der Waals surface area contributed by atoms with E-state index in [4.69, 9.17) is 15.0 Å². The van der Waals surface area contributed by atoms with Gasteiger partial charge in [-0.05, 0) is 63.7 Å². The summed E-state index contributed by atoms with van der Waals surface area (Å²) in [4.78, 5) is 16.4. The van der Waals surface area contributed by atoms with Crippen molar-refractivity contribution in [2.75, 3.05) is 0 Å². The second-order valence-corrected chi connectivity index (χ2v) is 18.7. The number of benzene rings is 8. The van der Waals surface area contributed by atoms with E-state index in [1.54, 1.807) is 11.3 Å². The summed E-state index contributed by atoms with van der Waals surface area (Å²) in [6, 6.07) is 68.3. The Labute approximate surface area is 373 Å². The van der Waals surface area contributed by atoms with Crippen molar-refractivity contribution in [2.45, 2.75) is 11.3 Å². The van der Waals surface area contributed by atoms with Crippen LogP contribution in [0.3, 0.4) is 0 Å². The molecule has 3 heterocycles. The van der Waals surface area contributed by atoms with Crippen molar-refractivity contribution in [3.05, 3.63) is 235 Å². The number of rotatable bonds is 6. The molecule has 63 heavy (non-hydrogen) atoms. The van der Waals surface area contributed by atoms with Crippen molar-refractivity contribution in [2.24, 2.45) is 5.92 Å². The zero-order valence-electron chi connectivity index (χ0n) is 34.0. The minimum absolute atomic E-state index is 0.0977. The van der Waals surface area contributed by atoms with Crippen LogP contribution < -0.4 is 0 Å². The maximum Gasteiger partial charge on any atom is 0.165 e. The van der Waals surface area contributed by atoms with Gasteiger partial charge in [0.2, 0.25) is 0 Å². The van der Waals surface area contributed by atoms with Gasteiger partial charge in [-0.1, -0.05) is 182 Å². The molecule has 0 N–H and O–H groups in total. The van der Waals surface area contributed by atoms with Gasteiger partial charge in [0, 0.05) is 68.9 Å². The first-order chi connectivity index (χ1) is 31.2. The van der Waals surface area contributed by atoms with Crippen molar-refractivity contribution >= 4 is 63.0 Å². The molecule has 3 aromatic heterocycles. The third-order valence-electron chi connectivity index (χ3n) is 13.3. The standard InChI is InChI=1S/C58H37N3S2/c1-3-19-38(20-4-1)58(39-21-5-2-6-22-39)47-30-10-7-24-43(47)52-45(28-15-31-48(52)58)56-59-55(60-57(61-56)46-29-14-27-42-41-23-8-11-32-49(41)63-54(42)46)37-18-13-17-36(35-37)40-26-16-34-51-53(40)44-25-9-12-33-50(44)62-51/h1-35,43,47H. The Kier molecular flexibility index (Phi) is 8.30. The highest BCUT2D eigenvalue weighted by atomic mass is 32.1. The summed E-state index contributed by atoms with van der Waals surface area (Å²) in [6.07, 6.45) is 9.25. The van der Waals surface area contributed by atoms with E-state index in [9.17, 15) is 0 Å². The van der Waals surface area contributed by atoms with E-state index in [1.165, 1.54) is 68.2 Å². The molecule has 0 saturated heterocycles. The number of fused-ring (bicyclic) bond motifs is 9. The van der Waals surface area contributed by atoms with Gasteiger partial charge in [-0.2, -0.15) is 0 Å². The van der Waals surface area contributed by atoms with E-state index in [0.717, 1.165) is 22.3 Å². The van der Waals surface area contributed by atoms with E-state index in [2.05, 4.69) is 212 Å². The van der Waals surface area contributed by atoms with Crippen LogP contribution >= 0.6 is 22.7 Å². The predicted molar refractivity (Wildman–Crippen MR) is 265 cm³/mol. The summed E-state index contributed by atoms with van der Waals surface area (Å²) in [5.41, 5.74) is 10.0. The topological polar surface area (TPSA) is 38.7 Å². The Hall–Kier alpha value is -7.31. The van der Waals surface area contributed by atoms with E-state index in [0.29, 0.717) is 17.5 Å². The monoisotopic (exact) mass is 839 g/mol. The Morgan fingerprint density at radius 1 is 0.413 bits per heavy atom. The average molecular weight is 840 g/mol. The quantitative estimate of drug-likeness (QED) is 0.167. The fraction of sp³-hybridized carbons (Fsp3) is 0.0517. The van der Waals surface area contributed by atoms with Crippen LogP contribution in [-0.2, 0) is 5.41 Å². The molecule has 2 atom stereocenters. The third-order valence-corrected chi connectivity index (χ3v) is 15.7. The van der Waals surface area contributed by atoms with Crippen molar-refractivity contribution in [3.8, 4) is 45.3 Å². The Balaban J connectivity index is 1.07. The molecule has 8 aromatic carbocycles.